The highest BCUT2D eigenvalue weighted by atomic mass is 16.4. The molecule has 0 saturated heterocycles. The van der Waals surface area contributed by atoms with E-state index in [4.69, 9.17) is 5.11 Å². The van der Waals surface area contributed by atoms with Crippen LogP contribution in [0.5, 0.6) is 0 Å². The summed E-state index contributed by atoms with van der Waals surface area (Å²) in [5.41, 5.74) is 1.04. The van der Waals surface area contributed by atoms with Crippen molar-refractivity contribution in [3.8, 4) is 0 Å². The van der Waals surface area contributed by atoms with Crippen LogP contribution in [0.4, 0.5) is 5.69 Å². The summed E-state index contributed by atoms with van der Waals surface area (Å²) < 4.78 is 0. The van der Waals surface area contributed by atoms with E-state index in [1.807, 2.05) is 6.07 Å². The minimum absolute atomic E-state index is 0.337. The first-order valence-corrected chi connectivity index (χ1v) is 4.82. The van der Waals surface area contributed by atoms with Gasteiger partial charge in [0, 0.05) is 12.2 Å². The number of carboxylic acid groups (broad SMARTS) is 1. The molecule has 14 heavy (non-hydrogen) atoms. The fourth-order valence-electron chi connectivity index (χ4n) is 1.22. The Morgan fingerprint density at radius 2 is 2.14 bits per heavy atom. The number of carboxylic acids is 1. The number of nitrogens with one attached hydrogen (secondary N) is 1. The van der Waals surface area contributed by atoms with E-state index in [2.05, 4.69) is 12.2 Å². The third-order valence-corrected chi connectivity index (χ3v) is 2.00. The van der Waals surface area contributed by atoms with Crippen LogP contribution in [-0.4, -0.2) is 17.6 Å². The molecule has 0 saturated carbocycles. The second-order valence-electron chi connectivity index (χ2n) is 3.13. The molecule has 0 fully saturated rings. The summed E-state index contributed by atoms with van der Waals surface area (Å²) >= 11 is 0. The number of unbranched alkanes of at least 4 members (excludes halogenated alkanes) is 1. The van der Waals surface area contributed by atoms with Gasteiger partial charge in [0.15, 0.2) is 0 Å². The fourth-order valence-corrected chi connectivity index (χ4v) is 1.22. The van der Waals surface area contributed by atoms with E-state index in [0.717, 1.165) is 19.4 Å². The molecule has 0 heterocycles. The second kappa shape index (κ2) is 5.27. The van der Waals surface area contributed by atoms with Crippen LogP contribution in [0.3, 0.4) is 0 Å². The maximum absolute atomic E-state index is 10.8. The third-order valence-electron chi connectivity index (χ3n) is 2.00. The second-order valence-corrected chi connectivity index (χ2v) is 3.13. The molecule has 0 aromatic heterocycles. The van der Waals surface area contributed by atoms with Crippen LogP contribution in [0.25, 0.3) is 0 Å². The van der Waals surface area contributed by atoms with E-state index < -0.39 is 5.97 Å². The van der Waals surface area contributed by atoms with Gasteiger partial charge in [-0.3, -0.25) is 0 Å². The topological polar surface area (TPSA) is 49.3 Å². The minimum atomic E-state index is -0.885. The first-order chi connectivity index (χ1) is 6.75. The van der Waals surface area contributed by atoms with Crippen molar-refractivity contribution >= 4 is 11.7 Å². The molecular formula is C11H15NO2. The third kappa shape index (κ3) is 2.76. The van der Waals surface area contributed by atoms with Gasteiger partial charge in [0.05, 0.1) is 5.56 Å². The lowest BCUT2D eigenvalue weighted by Gasteiger charge is -2.08. The maximum Gasteiger partial charge on any atom is 0.337 e. The molecule has 0 amide bonds. The van der Waals surface area contributed by atoms with Gasteiger partial charge in [0.1, 0.15) is 0 Å². The van der Waals surface area contributed by atoms with Gasteiger partial charge >= 0.3 is 5.97 Å². The molecule has 0 aliphatic rings. The van der Waals surface area contributed by atoms with Crippen molar-refractivity contribution in [2.45, 2.75) is 19.8 Å². The van der Waals surface area contributed by atoms with Crippen molar-refractivity contribution in [1.82, 2.24) is 0 Å². The van der Waals surface area contributed by atoms with Gasteiger partial charge in [-0.15, -0.1) is 0 Å². The van der Waals surface area contributed by atoms with Crippen LogP contribution in [0, 0.1) is 0 Å². The zero-order valence-corrected chi connectivity index (χ0v) is 8.29. The Balaban J connectivity index is 2.69. The number of para-hydroxylation sites is 1. The van der Waals surface area contributed by atoms with Crippen LogP contribution in [0.2, 0.25) is 0 Å². The highest BCUT2D eigenvalue weighted by Gasteiger charge is 2.07. The summed E-state index contributed by atoms with van der Waals surface area (Å²) in [5.74, 6) is -0.885. The van der Waals surface area contributed by atoms with Crippen LogP contribution < -0.4 is 5.32 Å². The summed E-state index contributed by atoms with van der Waals surface area (Å²) in [5, 5.41) is 12.0. The van der Waals surface area contributed by atoms with E-state index in [9.17, 15) is 4.79 Å². The quantitative estimate of drug-likeness (QED) is 0.707. The number of hydrogen-bond donors (Lipinski definition) is 2. The number of hydrogen-bond acceptors (Lipinski definition) is 2. The van der Waals surface area contributed by atoms with Crippen molar-refractivity contribution in [3.63, 3.8) is 0 Å². The van der Waals surface area contributed by atoms with Crippen molar-refractivity contribution in [3.05, 3.63) is 29.8 Å². The smallest absolute Gasteiger partial charge is 0.337 e. The normalized spacial score (nSPS) is 9.79. The molecule has 0 aliphatic carbocycles. The average Bonchev–Trinajstić information content (AvgIpc) is 2.19. The molecule has 1 aromatic carbocycles. The molecule has 0 atom stereocenters. The number of rotatable bonds is 5. The maximum atomic E-state index is 10.8. The van der Waals surface area contributed by atoms with Gasteiger partial charge in [-0.2, -0.15) is 0 Å². The first-order valence-electron chi connectivity index (χ1n) is 4.82. The van der Waals surface area contributed by atoms with Crippen LogP contribution in [-0.2, 0) is 0 Å². The highest BCUT2D eigenvalue weighted by molar-refractivity contribution is 5.94. The van der Waals surface area contributed by atoms with Crippen molar-refractivity contribution < 1.29 is 9.90 Å². The molecular weight excluding hydrogens is 178 g/mol. The molecule has 3 heteroatoms. The molecule has 1 rings (SSSR count). The summed E-state index contributed by atoms with van der Waals surface area (Å²) in [4.78, 5) is 10.8. The van der Waals surface area contributed by atoms with E-state index in [1.165, 1.54) is 0 Å². The largest absolute Gasteiger partial charge is 0.478 e. The van der Waals surface area contributed by atoms with Gasteiger partial charge in [0.25, 0.3) is 0 Å². The molecule has 2 N–H and O–H groups in total. The van der Waals surface area contributed by atoms with E-state index in [-0.39, 0.29) is 0 Å². The van der Waals surface area contributed by atoms with Gasteiger partial charge < -0.3 is 10.4 Å². The van der Waals surface area contributed by atoms with Crippen molar-refractivity contribution in [2.75, 3.05) is 11.9 Å². The Labute approximate surface area is 83.8 Å². The SMILES string of the molecule is CCCCNc1ccccc1C(=O)O. The Kier molecular flexibility index (Phi) is 3.98. The summed E-state index contributed by atoms with van der Waals surface area (Å²) in [7, 11) is 0. The van der Waals surface area contributed by atoms with Crippen LogP contribution in [0.15, 0.2) is 24.3 Å². The number of aromatic carboxylic acids is 1. The van der Waals surface area contributed by atoms with E-state index >= 15 is 0 Å². The molecule has 0 bridgehead atoms. The van der Waals surface area contributed by atoms with Gasteiger partial charge in [-0.25, -0.2) is 4.79 Å². The lowest BCUT2D eigenvalue weighted by molar-refractivity contribution is 0.0698. The van der Waals surface area contributed by atoms with Gasteiger partial charge in [-0.1, -0.05) is 25.5 Å². The number of benzene rings is 1. The molecule has 76 valence electrons. The fraction of sp³-hybridized carbons (Fsp3) is 0.364. The van der Waals surface area contributed by atoms with E-state index in [1.54, 1.807) is 18.2 Å². The molecule has 1 aromatic rings. The average molecular weight is 193 g/mol. The number of carbonyl (C=O) groups is 1. The summed E-state index contributed by atoms with van der Waals surface area (Å²) in [6.45, 7) is 2.92. The Bertz CT molecular complexity index is 310. The molecule has 0 unspecified atom stereocenters. The molecule has 0 spiro atoms. The first kappa shape index (κ1) is 10.6. The summed E-state index contributed by atoms with van der Waals surface area (Å²) in [6, 6.07) is 6.96. The van der Waals surface area contributed by atoms with Crippen molar-refractivity contribution in [1.29, 1.82) is 0 Å². The number of anilines is 1. The van der Waals surface area contributed by atoms with Crippen molar-refractivity contribution in [2.24, 2.45) is 0 Å². The van der Waals surface area contributed by atoms with Crippen LogP contribution in [0.1, 0.15) is 30.1 Å². The minimum Gasteiger partial charge on any atom is -0.478 e. The lowest BCUT2D eigenvalue weighted by atomic mass is 10.2. The zero-order chi connectivity index (χ0) is 10.4. The lowest BCUT2D eigenvalue weighted by Crippen LogP contribution is -2.07. The molecule has 3 nitrogen and oxygen atoms in total. The Hall–Kier alpha value is -1.51. The van der Waals surface area contributed by atoms with Crippen LogP contribution >= 0.6 is 0 Å². The van der Waals surface area contributed by atoms with E-state index in [0.29, 0.717) is 11.3 Å². The zero-order valence-electron chi connectivity index (χ0n) is 8.29. The summed E-state index contributed by atoms with van der Waals surface area (Å²) in [6.07, 6.45) is 2.15. The Morgan fingerprint density at radius 1 is 1.43 bits per heavy atom. The highest BCUT2D eigenvalue weighted by Crippen LogP contribution is 2.14. The van der Waals surface area contributed by atoms with Gasteiger partial charge in [0.2, 0.25) is 0 Å². The predicted octanol–water partition coefficient (Wildman–Crippen LogP) is 2.60. The molecule has 0 aliphatic heterocycles. The Morgan fingerprint density at radius 3 is 2.79 bits per heavy atom. The predicted molar refractivity (Wildman–Crippen MR) is 56.8 cm³/mol. The molecule has 0 radical (unpaired) electrons. The van der Waals surface area contributed by atoms with Gasteiger partial charge in [-0.05, 0) is 18.6 Å². The monoisotopic (exact) mass is 193 g/mol. The standard InChI is InChI=1S/C11H15NO2/c1-2-3-8-12-10-7-5-4-6-9(10)11(13)14/h4-7,12H,2-3,8H2,1H3,(H,13,14).